The molecule has 1 atom stereocenters. The summed E-state index contributed by atoms with van der Waals surface area (Å²) in [5, 5.41) is 0. The van der Waals surface area contributed by atoms with Gasteiger partial charge < -0.3 is 9.47 Å². The van der Waals surface area contributed by atoms with Crippen LogP contribution < -0.4 is 4.74 Å². The summed E-state index contributed by atoms with van der Waals surface area (Å²) < 4.78 is 10.7. The van der Waals surface area contributed by atoms with Crippen molar-refractivity contribution < 1.29 is 14.3 Å². The third-order valence-corrected chi connectivity index (χ3v) is 3.50. The normalized spacial score (nSPS) is 16.5. The molecule has 1 unspecified atom stereocenters. The van der Waals surface area contributed by atoms with Crippen LogP contribution in [0.25, 0.3) is 0 Å². The summed E-state index contributed by atoms with van der Waals surface area (Å²) in [7, 11) is 0. The number of ketones is 1. The van der Waals surface area contributed by atoms with E-state index in [9.17, 15) is 4.79 Å². The van der Waals surface area contributed by atoms with Crippen LogP contribution in [0, 0.1) is 0 Å². The van der Waals surface area contributed by atoms with Gasteiger partial charge in [0.25, 0.3) is 0 Å². The zero-order valence-electron chi connectivity index (χ0n) is 11.8. The first kappa shape index (κ1) is 13.8. The maximum atomic E-state index is 12.0. The van der Waals surface area contributed by atoms with Gasteiger partial charge in [0.15, 0.2) is 5.78 Å². The topological polar surface area (TPSA) is 38.8 Å². The van der Waals surface area contributed by atoms with E-state index >= 15 is 0 Å². The molecule has 0 bridgehead atoms. The van der Waals surface area contributed by atoms with E-state index in [2.05, 4.69) is 0 Å². The Morgan fingerprint density at radius 2 is 1.81 bits per heavy atom. The second-order valence-corrected chi connectivity index (χ2v) is 5.20. The summed E-state index contributed by atoms with van der Waals surface area (Å²) in [4.78, 5) is 12.0. The molecule has 1 aliphatic heterocycles. The fourth-order valence-corrected chi connectivity index (χ4v) is 2.13. The van der Waals surface area contributed by atoms with Crippen molar-refractivity contribution in [2.75, 3.05) is 13.2 Å². The summed E-state index contributed by atoms with van der Waals surface area (Å²) in [6.45, 7) is 1.42. The molecule has 3 rings (SSSR count). The van der Waals surface area contributed by atoms with Crippen LogP contribution in [0.2, 0.25) is 0 Å². The first-order chi connectivity index (χ1) is 10.3. The van der Waals surface area contributed by atoms with Crippen molar-refractivity contribution in [3.8, 4) is 5.75 Å². The molecule has 3 heteroatoms. The molecule has 1 fully saturated rings. The standard InChI is InChI=1S/C18H18O3/c19-18(15-4-2-1-3-5-15)11-8-14-6-9-16(10-7-14)20-12-17-13-21-17/h1-7,9-10,17H,8,11-13H2. The summed E-state index contributed by atoms with van der Waals surface area (Å²) in [5.74, 6) is 1.03. The minimum Gasteiger partial charge on any atom is -0.491 e. The van der Waals surface area contributed by atoms with E-state index in [0.717, 1.165) is 29.9 Å². The van der Waals surface area contributed by atoms with Crippen LogP contribution in [-0.4, -0.2) is 25.1 Å². The van der Waals surface area contributed by atoms with Gasteiger partial charge in [0.2, 0.25) is 0 Å². The van der Waals surface area contributed by atoms with Crippen LogP contribution in [-0.2, 0) is 11.2 Å². The van der Waals surface area contributed by atoms with Crippen molar-refractivity contribution in [3.63, 3.8) is 0 Å². The fourth-order valence-electron chi connectivity index (χ4n) is 2.13. The summed E-state index contributed by atoms with van der Waals surface area (Å²) >= 11 is 0. The van der Waals surface area contributed by atoms with Gasteiger partial charge in [0, 0.05) is 12.0 Å². The Kier molecular flexibility index (Phi) is 4.31. The highest BCUT2D eigenvalue weighted by atomic mass is 16.6. The Morgan fingerprint density at radius 3 is 2.48 bits per heavy atom. The van der Waals surface area contributed by atoms with Crippen LogP contribution in [0.3, 0.4) is 0 Å². The molecule has 0 saturated carbocycles. The van der Waals surface area contributed by atoms with Crippen molar-refractivity contribution >= 4 is 5.78 Å². The molecule has 1 saturated heterocycles. The number of rotatable bonds is 7. The molecule has 1 aliphatic rings. The third kappa shape index (κ3) is 4.17. The number of hydrogen-bond acceptors (Lipinski definition) is 3. The molecule has 2 aromatic rings. The molecule has 2 aromatic carbocycles. The molecule has 108 valence electrons. The molecule has 0 radical (unpaired) electrons. The molecule has 3 nitrogen and oxygen atoms in total. The molecular weight excluding hydrogens is 264 g/mol. The minimum absolute atomic E-state index is 0.182. The van der Waals surface area contributed by atoms with Gasteiger partial charge in [0.05, 0.1) is 6.61 Å². The Hall–Kier alpha value is -2.13. The maximum Gasteiger partial charge on any atom is 0.163 e. The van der Waals surface area contributed by atoms with E-state index in [-0.39, 0.29) is 11.9 Å². The van der Waals surface area contributed by atoms with Crippen molar-refractivity contribution in [1.29, 1.82) is 0 Å². The van der Waals surface area contributed by atoms with E-state index in [1.54, 1.807) is 0 Å². The van der Waals surface area contributed by atoms with Gasteiger partial charge in [-0.2, -0.15) is 0 Å². The number of aryl methyl sites for hydroxylation is 1. The molecule has 0 N–H and O–H groups in total. The highest BCUT2D eigenvalue weighted by Gasteiger charge is 2.22. The van der Waals surface area contributed by atoms with E-state index in [0.29, 0.717) is 13.0 Å². The van der Waals surface area contributed by atoms with Crippen LogP contribution in [0.15, 0.2) is 54.6 Å². The molecule has 1 heterocycles. The molecule has 0 spiro atoms. The number of hydrogen-bond donors (Lipinski definition) is 0. The summed E-state index contributed by atoms with van der Waals surface area (Å²) in [6.07, 6.45) is 1.55. The van der Waals surface area contributed by atoms with Crippen LogP contribution in [0.5, 0.6) is 5.75 Å². The van der Waals surface area contributed by atoms with Crippen molar-refractivity contribution in [1.82, 2.24) is 0 Å². The molecule has 0 aliphatic carbocycles. The zero-order chi connectivity index (χ0) is 14.5. The molecule has 21 heavy (non-hydrogen) atoms. The van der Waals surface area contributed by atoms with Gasteiger partial charge in [-0.05, 0) is 24.1 Å². The lowest BCUT2D eigenvalue weighted by Gasteiger charge is -2.06. The van der Waals surface area contributed by atoms with Gasteiger partial charge >= 0.3 is 0 Å². The molecular formula is C18H18O3. The number of carbonyl (C=O) groups excluding carboxylic acids is 1. The molecule has 0 amide bonds. The lowest BCUT2D eigenvalue weighted by Crippen LogP contribution is -2.04. The van der Waals surface area contributed by atoms with E-state index in [4.69, 9.17) is 9.47 Å². The highest BCUT2D eigenvalue weighted by Crippen LogP contribution is 2.17. The zero-order valence-corrected chi connectivity index (χ0v) is 11.8. The number of Topliss-reactive ketones (excluding diaryl/α,β-unsaturated/α-hetero) is 1. The van der Waals surface area contributed by atoms with Gasteiger partial charge in [-0.25, -0.2) is 0 Å². The third-order valence-electron chi connectivity index (χ3n) is 3.50. The monoisotopic (exact) mass is 282 g/mol. The second-order valence-electron chi connectivity index (χ2n) is 5.20. The maximum absolute atomic E-state index is 12.0. The van der Waals surface area contributed by atoms with Gasteiger partial charge in [0.1, 0.15) is 18.5 Å². The van der Waals surface area contributed by atoms with Crippen molar-refractivity contribution in [2.24, 2.45) is 0 Å². The van der Waals surface area contributed by atoms with Crippen LogP contribution >= 0.6 is 0 Å². The van der Waals surface area contributed by atoms with E-state index in [1.807, 2.05) is 54.6 Å². The van der Waals surface area contributed by atoms with Gasteiger partial charge in [-0.1, -0.05) is 42.5 Å². The lowest BCUT2D eigenvalue weighted by molar-refractivity contribution is 0.0983. The first-order valence-corrected chi connectivity index (χ1v) is 7.23. The van der Waals surface area contributed by atoms with Gasteiger partial charge in [-0.15, -0.1) is 0 Å². The average Bonchev–Trinajstić information content (AvgIpc) is 3.37. The number of ether oxygens (including phenoxy) is 2. The Bertz CT molecular complexity index is 586. The summed E-state index contributed by atoms with van der Waals surface area (Å²) in [6, 6.07) is 17.4. The van der Waals surface area contributed by atoms with E-state index in [1.165, 1.54) is 0 Å². The lowest BCUT2D eigenvalue weighted by atomic mass is 10.0. The Labute approximate surface area is 124 Å². The van der Waals surface area contributed by atoms with Gasteiger partial charge in [-0.3, -0.25) is 4.79 Å². The largest absolute Gasteiger partial charge is 0.491 e. The summed E-state index contributed by atoms with van der Waals surface area (Å²) in [5.41, 5.74) is 1.93. The predicted octanol–water partition coefficient (Wildman–Crippen LogP) is 3.28. The fraction of sp³-hybridized carbons (Fsp3) is 0.278. The van der Waals surface area contributed by atoms with Crippen LogP contribution in [0.4, 0.5) is 0 Å². The number of benzene rings is 2. The van der Waals surface area contributed by atoms with Crippen molar-refractivity contribution in [3.05, 3.63) is 65.7 Å². The first-order valence-electron chi connectivity index (χ1n) is 7.23. The second kappa shape index (κ2) is 6.55. The Balaban J connectivity index is 1.49. The van der Waals surface area contributed by atoms with E-state index < -0.39 is 0 Å². The Morgan fingerprint density at radius 1 is 1.10 bits per heavy atom. The van der Waals surface area contributed by atoms with Crippen LogP contribution in [0.1, 0.15) is 22.3 Å². The minimum atomic E-state index is 0.182. The molecule has 0 aromatic heterocycles. The predicted molar refractivity (Wildman–Crippen MR) is 80.8 cm³/mol. The SMILES string of the molecule is O=C(CCc1ccc(OCC2CO2)cc1)c1ccccc1. The number of epoxide rings is 1. The number of carbonyl (C=O) groups is 1. The van der Waals surface area contributed by atoms with Crippen molar-refractivity contribution in [2.45, 2.75) is 18.9 Å². The quantitative estimate of drug-likeness (QED) is 0.578. The average molecular weight is 282 g/mol. The highest BCUT2D eigenvalue weighted by molar-refractivity contribution is 5.96. The smallest absolute Gasteiger partial charge is 0.163 e.